The summed E-state index contributed by atoms with van der Waals surface area (Å²) < 4.78 is 179. The minimum Gasteiger partial charge on any atom is -0.508 e. The van der Waals surface area contributed by atoms with Gasteiger partial charge in [-0.2, -0.15) is 52.7 Å². The summed E-state index contributed by atoms with van der Waals surface area (Å²) in [5.74, 6) is -0.650. The summed E-state index contributed by atoms with van der Waals surface area (Å²) in [6.45, 7) is 2.67. The second kappa shape index (κ2) is 17.3. The second-order valence-electron chi connectivity index (χ2n) is 10.7. The Kier molecular flexibility index (Phi) is 15.6. The molecule has 0 bridgehead atoms. The second-order valence-corrected chi connectivity index (χ2v) is 10.7. The summed E-state index contributed by atoms with van der Waals surface area (Å²) >= 11 is 0. The van der Waals surface area contributed by atoms with Crippen molar-refractivity contribution in [1.29, 1.82) is 0 Å². The van der Waals surface area contributed by atoms with E-state index in [-0.39, 0.29) is 47.5 Å². The number of ether oxygens (including phenoxy) is 4. The van der Waals surface area contributed by atoms with Gasteiger partial charge in [-0.1, -0.05) is 46.1 Å². The van der Waals surface area contributed by atoms with Gasteiger partial charge in [0.25, 0.3) is 11.2 Å². The number of aromatic hydroxyl groups is 2. The number of phenols is 2. The molecule has 0 aliphatic rings. The molecule has 6 nitrogen and oxygen atoms in total. The maximum Gasteiger partial charge on any atom is 0.430 e. The van der Waals surface area contributed by atoms with Crippen LogP contribution in [0.1, 0.15) is 67.9 Å². The molecule has 2 N–H and O–H groups in total. The fourth-order valence-corrected chi connectivity index (χ4v) is 4.92. The van der Waals surface area contributed by atoms with Crippen LogP contribution in [-0.2, 0) is 49.4 Å². The van der Waals surface area contributed by atoms with Crippen molar-refractivity contribution in [3.8, 4) is 11.5 Å². The zero-order chi connectivity index (χ0) is 38.1. The highest BCUT2D eigenvalue weighted by molar-refractivity contribution is 5.47. The lowest BCUT2D eigenvalue weighted by atomic mass is 9.87. The standard InChI is InChI=1S/C17H22F6O3.C14H16F6O3/c1-4-6-11-8-13(9-12(7-5-2)14(11)24)15(16(18,19)20,17(21,22)23)26-10-25-3;1-3-4-9-7-10(5-6-11(9)21)12(13(15,16)17,14(18,19)20)23-8-22-2/h8-9,24H,4-7,10H2,1-3H3;5-7,21H,3-4,8H2,1-2H3. The zero-order valence-corrected chi connectivity index (χ0v) is 27.1. The van der Waals surface area contributed by atoms with Crippen LogP contribution in [0, 0.1) is 0 Å². The van der Waals surface area contributed by atoms with Crippen LogP contribution in [0.4, 0.5) is 52.7 Å². The van der Waals surface area contributed by atoms with Crippen LogP contribution in [0.3, 0.4) is 0 Å². The topological polar surface area (TPSA) is 77.4 Å². The molecule has 0 aliphatic heterocycles. The molecule has 0 aromatic heterocycles. The number of benzene rings is 2. The van der Waals surface area contributed by atoms with Crippen molar-refractivity contribution >= 4 is 0 Å². The van der Waals surface area contributed by atoms with E-state index in [9.17, 15) is 62.9 Å². The first kappa shape index (κ1) is 44.1. The predicted molar refractivity (Wildman–Crippen MR) is 152 cm³/mol. The number of hydrogen-bond acceptors (Lipinski definition) is 6. The Balaban J connectivity index is 0.000000494. The number of hydrogen-bond donors (Lipinski definition) is 2. The van der Waals surface area contributed by atoms with Crippen LogP contribution >= 0.6 is 0 Å². The van der Waals surface area contributed by atoms with Crippen molar-refractivity contribution in [2.24, 2.45) is 0 Å². The van der Waals surface area contributed by atoms with Crippen LogP contribution in [0.25, 0.3) is 0 Å². The van der Waals surface area contributed by atoms with Gasteiger partial charge in [0.2, 0.25) is 0 Å². The van der Waals surface area contributed by atoms with Crippen LogP contribution in [0.5, 0.6) is 11.5 Å². The van der Waals surface area contributed by atoms with Gasteiger partial charge in [0.1, 0.15) is 25.1 Å². The van der Waals surface area contributed by atoms with Crippen molar-refractivity contribution in [3.05, 3.63) is 58.1 Å². The Morgan fingerprint density at radius 1 is 0.510 bits per heavy atom. The Bertz CT molecular complexity index is 1270. The van der Waals surface area contributed by atoms with Gasteiger partial charge in [0.05, 0.1) is 0 Å². The van der Waals surface area contributed by atoms with Crippen molar-refractivity contribution < 1.29 is 81.8 Å². The highest BCUT2D eigenvalue weighted by atomic mass is 19.4. The summed E-state index contributed by atoms with van der Waals surface area (Å²) in [5, 5.41) is 19.8. The van der Waals surface area contributed by atoms with E-state index in [1.165, 1.54) is 0 Å². The van der Waals surface area contributed by atoms with Crippen molar-refractivity contribution in [3.63, 3.8) is 0 Å². The SMILES string of the molecule is CCCc1cc(C(OCOC)(C(F)(F)F)C(F)(F)F)cc(CCC)c1O.CCCc1cc(C(OCOC)(C(F)(F)F)C(F)(F)F)ccc1O. The van der Waals surface area contributed by atoms with E-state index in [4.69, 9.17) is 0 Å². The number of methoxy groups -OCH3 is 2. The van der Waals surface area contributed by atoms with Gasteiger partial charge in [-0.05, 0) is 60.2 Å². The molecule has 2 aromatic rings. The molecular formula is C31H38F12O6. The van der Waals surface area contributed by atoms with Gasteiger partial charge in [-0.25, -0.2) is 0 Å². The quantitative estimate of drug-likeness (QED) is 0.149. The lowest BCUT2D eigenvalue weighted by Gasteiger charge is -2.37. The molecular weight excluding hydrogens is 696 g/mol. The number of alkyl halides is 12. The minimum absolute atomic E-state index is 0.0207. The summed E-state index contributed by atoms with van der Waals surface area (Å²) in [5.41, 5.74) is -11.3. The molecule has 0 amide bonds. The van der Waals surface area contributed by atoms with Gasteiger partial charge >= 0.3 is 24.7 Å². The molecule has 2 rings (SSSR count). The third-order valence-electron chi connectivity index (χ3n) is 7.10. The van der Waals surface area contributed by atoms with Crippen LogP contribution in [-0.4, -0.2) is 62.7 Å². The van der Waals surface area contributed by atoms with Gasteiger partial charge in [0, 0.05) is 25.3 Å². The predicted octanol–water partition coefficient (Wildman–Crippen LogP) is 9.52. The molecule has 0 aliphatic carbocycles. The van der Waals surface area contributed by atoms with E-state index in [0.717, 1.165) is 20.3 Å². The van der Waals surface area contributed by atoms with E-state index in [2.05, 4.69) is 18.9 Å². The number of phenolic OH excluding ortho intramolecular Hbond substituents is 2. The average Bonchev–Trinajstić information content (AvgIpc) is 2.95. The molecule has 0 saturated carbocycles. The Hall–Kier alpha value is -2.96. The summed E-state index contributed by atoms with van der Waals surface area (Å²) in [7, 11) is 1.84. The largest absolute Gasteiger partial charge is 0.508 e. The van der Waals surface area contributed by atoms with E-state index in [1.807, 2.05) is 0 Å². The molecule has 0 unspecified atom stereocenters. The molecule has 0 atom stereocenters. The number of aryl methyl sites for hydroxylation is 3. The zero-order valence-electron chi connectivity index (χ0n) is 27.1. The molecule has 0 saturated heterocycles. The summed E-state index contributed by atoms with van der Waals surface area (Å²) in [6.07, 6.45) is -21.4. The molecule has 2 aromatic carbocycles. The number of halogens is 12. The van der Waals surface area contributed by atoms with Crippen molar-refractivity contribution in [1.82, 2.24) is 0 Å². The van der Waals surface area contributed by atoms with E-state index >= 15 is 0 Å². The minimum atomic E-state index is -5.78. The van der Waals surface area contributed by atoms with Crippen molar-refractivity contribution in [2.45, 2.75) is 95.2 Å². The molecule has 0 spiro atoms. The van der Waals surface area contributed by atoms with Crippen LogP contribution in [0.2, 0.25) is 0 Å². The molecule has 282 valence electrons. The fourth-order valence-electron chi connectivity index (χ4n) is 4.92. The third-order valence-corrected chi connectivity index (χ3v) is 7.10. The van der Waals surface area contributed by atoms with Gasteiger partial charge in [-0.3, -0.25) is 0 Å². The lowest BCUT2D eigenvalue weighted by Crippen LogP contribution is -2.56. The summed E-state index contributed by atoms with van der Waals surface area (Å²) in [4.78, 5) is 0. The highest BCUT2D eigenvalue weighted by Gasteiger charge is 2.74. The van der Waals surface area contributed by atoms with Crippen molar-refractivity contribution in [2.75, 3.05) is 27.8 Å². The van der Waals surface area contributed by atoms with Gasteiger partial charge in [-0.15, -0.1) is 0 Å². The third kappa shape index (κ3) is 9.64. The monoisotopic (exact) mass is 734 g/mol. The van der Waals surface area contributed by atoms with Crippen LogP contribution in [0.15, 0.2) is 30.3 Å². The van der Waals surface area contributed by atoms with E-state index in [1.54, 1.807) is 20.8 Å². The van der Waals surface area contributed by atoms with Gasteiger partial charge in [0.15, 0.2) is 0 Å². The maximum absolute atomic E-state index is 13.7. The van der Waals surface area contributed by atoms with E-state index in [0.29, 0.717) is 43.5 Å². The first-order valence-corrected chi connectivity index (χ1v) is 14.7. The maximum atomic E-state index is 13.7. The first-order chi connectivity index (χ1) is 22.5. The molecule has 18 heteroatoms. The lowest BCUT2D eigenvalue weighted by molar-refractivity contribution is -0.401. The fraction of sp³-hybridized carbons (Fsp3) is 0.613. The molecule has 49 heavy (non-hydrogen) atoms. The molecule has 0 fully saturated rings. The van der Waals surface area contributed by atoms with E-state index < -0.39 is 60.6 Å². The first-order valence-electron chi connectivity index (χ1n) is 14.7. The average molecular weight is 735 g/mol. The molecule has 0 heterocycles. The highest BCUT2D eigenvalue weighted by Crippen LogP contribution is 2.55. The van der Waals surface area contributed by atoms with Gasteiger partial charge < -0.3 is 29.2 Å². The Morgan fingerprint density at radius 3 is 1.16 bits per heavy atom. The number of rotatable bonds is 14. The molecule has 0 radical (unpaired) electrons. The summed E-state index contributed by atoms with van der Waals surface area (Å²) in [6, 6.07) is 3.44. The van der Waals surface area contributed by atoms with Crippen LogP contribution < -0.4 is 0 Å². The Morgan fingerprint density at radius 2 is 0.837 bits per heavy atom. The smallest absolute Gasteiger partial charge is 0.430 e. The normalized spacial score (nSPS) is 13.3. The Labute approximate surface area is 274 Å².